The van der Waals surface area contributed by atoms with Crippen molar-refractivity contribution in [3.05, 3.63) is 36.5 Å². The van der Waals surface area contributed by atoms with Gasteiger partial charge in [-0.25, -0.2) is 0 Å². The van der Waals surface area contributed by atoms with Crippen molar-refractivity contribution < 1.29 is 28.6 Å². The minimum atomic E-state index is -0.767. The molecule has 1 unspecified atom stereocenters. The summed E-state index contributed by atoms with van der Waals surface area (Å²) in [5.74, 6) is -0.870. The summed E-state index contributed by atoms with van der Waals surface area (Å²) in [4.78, 5) is 37.8. The molecule has 0 radical (unpaired) electrons. The standard InChI is InChI=1S/C62H114O6/c1-4-7-10-13-15-17-19-21-23-25-27-29-30-31-32-33-35-36-38-40-42-44-46-49-52-55-61(64)67-58-59(57-66-60(63)54-51-48-12-9-6-3)68-62(65)56-53-50-47-45-43-41-39-37-34-28-26-24-22-20-18-16-14-11-8-5-2/h19,21,25,27,30-31,59H,4-18,20,22-24,26,28-29,32-58H2,1-3H3/b21-19-,27-25-,31-30-. The van der Waals surface area contributed by atoms with Gasteiger partial charge in [0.2, 0.25) is 0 Å². The summed E-state index contributed by atoms with van der Waals surface area (Å²) >= 11 is 0. The molecule has 0 N–H and O–H groups in total. The van der Waals surface area contributed by atoms with Gasteiger partial charge in [-0.2, -0.15) is 0 Å². The number of allylic oxidation sites excluding steroid dienone is 6. The molecule has 0 aromatic heterocycles. The molecular formula is C62H114O6. The number of hydrogen-bond donors (Lipinski definition) is 0. The summed E-state index contributed by atoms with van der Waals surface area (Å²) < 4.78 is 16.8. The molecule has 0 aromatic rings. The highest BCUT2D eigenvalue weighted by Gasteiger charge is 2.19. The van der Waals surface area contributed by atoms with E-state index in [-0.39, 0.29) is 31.1 Å². The van der Waals surface area contributed by atoms with E-state index >= 15 is 0 Å². The summed E-state index contributed by atoms with van der Waals surface area (Å²) in [6.45, 7) is 6.59. The van der Waals surface area contributed by atoms with Crippen LogP contribution in [0.4, 0.5) is 0 Å². The third kappa shape index (κ3) is 54.6. The first-order valence-electron chi connectivity index (χ1n) is 30.0. The van der Waals surface area contributed by atoms with Crippen LogP contribution < -0.4 is 0 Å². The topological polar surface area (TPSA) is 78.9 Å². The number of carbonyl (C=O) groups excluding carboxylic acids is 3. The summed E-state index contributed by atoms with van der Waals surface area (Å²) in [5.41, 5.74) is 0. The molecule has 0 aliphatic carbocycles. The van der Waals surface area contributed by atoms with Gasteiger partial charge in [0.25, 0.3) is 0 Å². The number of esters is 3. The van der Waals surface area contributed by atoms with E-state index in [1.54, 1.807) is 0 Å². The van der Waals surface area contributed by atoms with Crippen LogP contribution in [0.1, 0.15) is 323 Å². The molecule has 6 nitrogen and oxygen atoms in total. The number of carbonyl (C=O) groups is 3. The van der Waals surface area contributed by atoms with Crippen LogP contribution >= 0.6 is 0 Å². The van der Waals surface area contributed by atoms with Crippen LogP contribution in [-0.2, 0) is 28.6 Å². The molecule has 0 fully saturated rings. The van der Waals surface area contributed by atoms with E-state index in [4.69, 9.17) is 14.2 Å². The van der Waals surface area contributed by atoms with Crippen LogP contribution in [0.15, 0.2) is 36.5 Å². The van der Waals surface area contributed by atoms with Crippen molar-refractivity contribution in [2.24, 2.45) is 0 Å². The molecule has 0 bridgehead atoms. The van der Waals surface area contributed by atoms with Crippen molar-refractivity contribution in [3.63, 3.8) is 0 Å². The lowest BCUT2D eigenvalue weighted by Crippen LogP contribution is -2.30. The summed E-state index contributed by atoms with van der Waals surface area (Å²) in [7, 11) is 0. The van der Waals surface area contributed by atoms with E-state index < -0.39 is 6.10 Å². The smallest absolute Gasteiger partial charge is 0.306 e. The summed E-state index contributed by atoms with van der Waals surface area (Å²) in [6, 6.07) is 0. The van der Waals surface area contributed by atoms with Crippen molar-refractivity contribution >= 4 is 17.9 Å². The highest BCUT2D eigenvalue weighted by molar-refractivity contribution is 5.71. The molecular weight excluding hydrogens is 841 g/mol. The zero-order valence-corrected chi connectivity index (χ0v) is 45.6. The molecule has 0 heterocycles. The molecule has 1 atom stereocenters. The maximum absolute atomic E-state index is 12.8. The Morgan fingerprint density at radius 2 is 0.529 bits per heavy atom. The normalized spacial score (nSPS) is 12.2. The number of ether oxygens (including phenoxy) is 3. The van der Waals surface area contributed by atoms with Gasteiger partial charge in [0, 0.05) is 19.3 Å². The number of unbranched alkanes of at least 4 members (excludes halogenated alkanes) is 38. The van der Waals surface area contributed by atoms with E-state index in [2.05, 4.69) is 57.2 Å². The summed E-state index contributed by atoms with van der Waals surface area (Å²) in [5, 5.41) is 0. The quantitative estimate of drug-likeness (QED) is 0.0262. The summed E-state index contributed by atoms with van der Waals surface area (Å²) in [6.07, 6.45) is 69.0. The van der Waals surface area contributed by atoms with Crippen molar-refractivity contribution in [1.29, 1.82) is 0 Å². The lowest BCUT2D eigenvalue weighted by Gasteiger charge is -2.18. The maximum atomic E-state index is 12.8. The molecule has 6 heteroatoms. The largest absolute Gasteiger partial charge is 0.462 e. The SMILES string of the molecule is CCCCCCC/C=C\C/C=C\C/C=C\CCCCCCCCCCCCC(=O)OCC(COC(=O)CCCCCCC)OC(=O)CCCCCCCCCCCCCCCCCCCCCC. The van der Waals surface area contributed by atoms with E-state index in [0.717, 1.165) is 77.0 Å². The Kier molecular flexibility index (Phi) is 55.2. The first-order chi connectivity index (χ1) is 33.5. The van der Waals surface area contributed by atoms with Crippen LogP contribution in [-0.4, -0.2) is 37.2 Å². The van der Waals surface area contributed by atoms with Gasteiger partial charge in [-0.15, -0.1) is 0 Å². The monoisotopic (exact) mass is 955 g/mol. The van der Waals surface area contributed by atoms with Gasteiger partial charge in [0.15, 0.2) is 6.10 Å². The number of rotatable bonds is 55. The minimum absolute atomic E-state index is 0.0707. The molecule has 0 aromatic carbocycles. The Bertz CT molecular complexity index is 1140. The predicted molar refractivity (Wildman–Crippen MR) is 293 cm³/mol. The second kappa shape index (κ2) is 57.2. The Hall–Kier alpha value is -2.37. The van der Waals surface area contributed by atoms with Gasteiger partial charge in [0.05, 0.1) is 0 Å². The van der Waals surface area contributed by atoms with E-state index in [1.807, 2.05) is 0 Å². The van der Waals surface area contributed by atoms with Gasteiger partial charge in [-0.1, -0.05) is 282 Å². The Morgan fingerprint density at radius 3 is 0.824 bits per heavy atom. The van der Waals surface area contributed by atoms with Crippen LogP contribution in [0.25, 0.3) is 0 Å². The first kappa shape index (κ1) is 65.6. The van der Waals surface area contributed by atoms with Gasteiger partial charge < -0.3 is 14.2 Å². The fraction of sp³-hybridized carbons (Fsp3) is 0.855. The predicted octanol–water partition coefficient (Wildman–Crippen LogP) is 20.0. The van der Waals surface area contributed by atoms with E-state index in [9.17, 15) is 14.4 Å². The second-order valence-electron chi connectivity index (χ2n) is 20.3. The average molecular weight is 956 g/mol. The van der Waals surface area contributed by atoms with Gasteiger partial charge >= 0.3 is 17.9 Å². The molecule has 0 saturated carbocycles. The van der Waals surface area contributed by atoms with E-state index in [0.29, 0.717) is 19.3 Å². The molecule has 0 aliphatic heterocycles. The number of hydrogen-bond acceptors (Lipinski definition) is 6. The third-order valence-corrected chi connectivity index (χ3v) is 13.4. The van der Waals surface area contributed by atoms with Gasteiger partial charge in [0.1, 0.15) is 13.2 Å². The molecule has 68 heavy (non-hydrogen) atoms. The average Bonchev–Trinajstić information content (AvgIpc) is 3.34. The van der Waals surface area contributed by atoms with Gasteiger partial charge in [-0.3, -0.25) is 14.4 Å². The lowest BCUT2D eigenvalue weighted by atomic mass is 10.0. The highest BCUT2D eigenvalue weighted by Crippen LogP contribution is 2.17. The fourth-order valence-corrected chi connectivity index (χ4v) is 8.86. The fourth-order valence-electron chi connectivity index (χ4n) is 8.86. The Labute approximate surface area is 423 Å². The minimum Gasteiger partial charge on any atom is -0.462 e. The van der Waals surface area contributed by atoms with Crippen molar-refractivity contribution in [3.8, 4) is 0 Å². The molecule has 0 saturated heterocycles. The van der Waals surface area contributed by atoms with Crippen molar-refractivity contribution in [2.75, 3.05) is 13.2 Å². The molecule has 398 valence electrons. The zero-order valence-electron chi connectivity index (χ0n) is 45.6. The first-order valence-corrected chi connectivity index (χ1v) is 30.0. The molecule has 0 aliphatic rings. The molecule has 0 spiro atoms. The molecule has 0 rings (SSSR count). The van der Waals surface area contributed by atoms with Crippen molar-refractivity contribution in [1.82, 2.24) is 0 Å². The van der Waals surface area contributed by atoms with Crippen LogP contribution in [0, 0.1) is 0 Å². The Morgan fingerprint density at radius 1 is 0.294 bits per heavy atom. The zero-order chi connectivity index (χ0) is 49.3. The maximum Gasteiger partial charge on any atom is 0.306 e. The Balaban J connectivity index is 4.05. The van der Waals surface area contributed by atoms with E-state index in [1.165, 1.54) is 205 Å². The van der Waals surface area contributed by atoms with Crippen molar-refractivity contribution in [2.45, 2.75) is 329 Å². The highest BCUT2D eigenvalue weighted by atomic mass is 16.6. The lowest BCUT2D eigenvalue weighted by molar-refractivity contribution is -0.167. The van der Waals surface area contributed by atoms with Gasteiger partial charge in [-0.05, 0) is 57.8 Å². The van der Waals surface area contributed by atoms with Crippen LogP contribution in [0.5, 0.6) is 0 Å². The van der Waals surface area contributed by atoms with Crippen LogP contribution in [0.3, 0.4) is 0 Å². The third-order valence-electron chi connectivity index (χ3n) is 13.4. The molecule has 0 amide bonds. The second-order valence-corrected chi connectivity index (χ2v) is 20.3. The van der Waals surface area contributed by atoms with Crippen LogP contribution in [0.2, 0.25) is 0 Å².